The number of ether oxygens (including phenoxy) is 2. The first kappa shape index (κ1) is 16.9. The van der Waals surface area contributed by atoms with E-state index in [1.54, 1.807) is 33.7 Å². The molecule has 3 rings (SSSR count). The van der Waals surface area contributed by atoms with E-state index in [9.17, 15) is 9.59 Å². The van der Waals surface area contributed by atoms with Gasteiger partial charge in [-0.15, -0.1) is 0 Å². The van der Waals surface area contributed by atoms with Gasteiger partial charge in [-0.2, -0.15) is 5.10 Å². The quantitative estimate of drug-likeness (QED) is 0.776. The second kappa shape index (κ2) is 6.90. The highest BCUT2D eigenvalue weighted by molar-refractivity contribution is 5.93. The van der Waals surface area contributed by atoms with Gasteiger partial charge in [0.2, 0.25) is 0 Å². The van der Waals surface area contributed by atoms with Crippen molar-refractivity contribution in [3.8, 4) is 0 Å². The molecule has 0 bridgehead atoms. The average molecular weight is 336 g/mol. The van der Waals surface area contributed by atoms with Crippen LogP contribution in [-0.2, 0) is 20.8 Å². The van der Waals surface area contributed by atoms with Crippen LogP contribution in [0.1, 0.15) is 24.3 Å². The Hall–Kier alpha value is -1.93. The number of morpholine rings is 2. The minimum Gasteiger partial charge on any atom is -0.378 e. The van der Waals surface area contributed by atoms with Gasteiger partial charge in [0.05, 0.1) is 26.4 Å². The Morgan fingerprint density at radius 3 is 2.58 bits per heavy atom. The fourth-order valence-corrected chi connectivity index (χ4v) is 3.09. The Balaban J connectivity index is 1.70. The van der Waals surface area contributed by atoms with E-state index in [0.29, 0.717) is 51.7 Å². The highest BCUT2D eigenvalue weighted by Gasteiger charge is 2.43. The van der Waals surface area contributed by atoms with E-state index in [1.165, 1.54) is 0 Å². The maximum atomic E-state index is 12.8. The van der Waals surface area contributed by atoms with Gasteiger partial charge in [0, 0.05) is 32.4 Å². The number of hydrogen-bond donors (Lipinski definition) is 0. The molecule has 2 saturated heterocycles. The second-order valence-corrected chi connectivity index (χ2v) is 6.27. The summed E-state index contributed by atoms with van der Waals surface area (Å²) in [5, 5.41) is 4.26. The molecule has 1 aromatic heterocycles. The molecule has 3 heterocycles. The minimum atomic E-state index is -1.02. The Morgan fingerprint density at radius 1 is 1.21 bits per heavy atom. The van der Waals surface area contributed by atoms with Gasteiger partial charge in [-0.1, -0.05) is 0 Å². The van der Waals surface area contributed by atoms with Crippen LogP contribution < -0.4 is 0 Å². The zero-order valence-electron chi connectivity index (χ0n) is 14.2. The Labute approximate surface area is 141 Å². The fourth-order valence-electron chi connectivity index (χ4n) is 3.09. The summed E-state index contributed by atoms with van der Waals surface area (Å²) in [6.45, 7) is 7.68. The number of aryl methyl sites for hydroxylation is 1. The highest BCUT2D eigenvalue weighted by Crippen LogP contribution is 2.22. The zero-order chi connectivity index (χ0) is 17.2. The van der Waals surface area contributed by atoms with Crippen LogP contribution in [0.15, 0.2) is 12.3 Å². The summed E-state index contributed by atoms with van der Waals surface area (Å²) in [4.78, 5) is 28.9. The Bertz CT molecular complexity index is 611. The normalized spacial score (nSPS) is 24.9. The van der Waals surface area contributed by atoms with Gasteiger partial charge in [0.25, 0.3) is 11.8 Å². The molecular formula is C16H24N4O4. The molecule has 0 unspecified atom stereocenters. The molecule has 2 fully saturated rings. The first-order chi connectivity index (χ1) is 11.5. The van der Waals surface area contributed by atoms with Gasteiger partial charge in [-0.25, -0.2) is 0 Å². The third-order valence-electron chi connectivity index (χ3n) is 4.50. The van der Waals surface area contributed by atoms with E-state index in [-0.39, 0.29) is 18.4 Å². The largest absolute Gasteiger partial charge is 0.378 e. The Kier molecular flexibility index (Phi) is 4.86. The molecule has 2 aliphatic rings. The summed E-state index contributed by atoms with van der Waals surface area (Å²) >= 11 is 0. The molecular weight excluding hydrogens is 312 g/mol. The molecule has 2 aliphatic heterocycles. The number of carbonyl (C=O) groups is 2. The lowest BCUT2D eigenvalue weighted by Crippen LogP contribution is -2.61. The summed E-state index contributed by atoms with van der Waals surface area (Å²) in [7, 11) is 0. The molecule has 1 atom stereocenters. The number of amides is 2. The molecule has 8 heteroatoms. The van der Waals surface area contributed by atoms with Crippen LogP contribution in [0.25, 0.3) is 0 Å². The van der Waals surface area contributed by atoms with Gasteiger partial charge >= 0.3 is 0 Å². The summed E-state index contributed by atoms with van der Waals surface area (Å²) in [6.07, 6.45) is 1.78. The van der Waals surface area contributed by atoms with Crippen molar-refractivity contribution in [2.24, 2.45) is 0 Å². The third-order valence-corrected chi connectivity index (χ3v) is 4.50. The first-order valence-electron chi connectivity index (χ1n) is 8.37. The maximum absolute atomic E-state index is 12.8. The summed E-state index contributed by atoms with van der Waals surface area (Å²) in [5.74, 6) is -0.242. The van der Waals surface area contributed by atoms with Crippen molar-refractivity contribution < 1.29 is 19.1 Å². The van der Waals surface area contributed by atoms with Crippen LogP contribution in [0, 0.1) is 0 Å². The first-order valence-corrected chi connectivity index (χ1v) is 8.37. The van der Waals surface area contributed by atoms with Crippen molar-refractivity contribution in [3.05, 3.63) is 18.0 Å². The van der Waals surface area contributed by atoms with Crippen LogP contribution in [0.5, 0.6) is 0 Å². The average Bonchev–Trinajstić information content (AvgIpc) is 3.10. The molecule has 24 heavy (non-hydrogen) atoms. The van der Waals surface area contributed by atoms with Crippen molar-refractivity contribution in [1.29, 1.82) is 0 Å². The predicted octanol–water partition coefficient (Wildman–Crippen LogP) is -0.00710. The van der Waals surface area contributed by atoms with Gasteiger partial charge in [-0.3, -0.25) is 14.3 Å². The smallest absolute Gasteiger partial charge is 0.274 e. The minimum absolute atomic E-state index is 0.0811. The van der Waals surface area contributed by atoms with Crippen LogP contribution in [0.4, 0.5) is 0 Å². The van der Waals surface area contributed by atoms with Crippen molar-refractivity contribution in [2.75, 3.05) is 46.0 Å². The lowest BCUT2D eigenvalue weighted by Gasteiger charge is -2.42. The van der Waals surface area contributed by atoms with Gasteiger partial charge in [-0.05, 0) is 19.9 Å². The van der Waals surface area contributed by atoms with Crippen LogP contribution >= 0.6 is 0 Å². The lowest BCUT2D eigenvalue weighted by atomic mass is 10.0. The monoisotopic (exact) mass is 336 g/mol. The van der Waals surface area contributed by atoms with Gasteiger partial charge < -0.3 is 19.3 Å². The van der Waals surface area contributed by atoms with E-state index in [2.05, 4.69) is 5.10 Å². The van der Waals surface area contributed by atoms with Gasteiger partial charge in [0.1, 0.15) is 5.69 Å². The predicted molar refractivity (Wildman–Crippen MR) is 85.6 cm³/mol. The van der Waals surface area contributed by atoms with Crippen LogP contribution in [0.2, 0.25) is 0 Å². The number of rotatable bonds is 3. The molecule has 2 amide bonds. The molecule has 1 aromatic rings. The lowest BCUT2D eigenvalue weighted by molar-refractivity contribution is -0.168. The molecule has 8 nitrogen and oxygen atoms in total. The van der Waals surface area contributed by atoms with Gasteiger partial charge in [0.15, 0.2) is 5.60 Å². The topological polar surface area (TPSA) is 76.9 Å². The van der Waals surface area contributed by atoms with E-state index >= 15 is 0 Å². The molecule has 0 N–H and O–H groups in total. The third kappa shape index (κ3) is 3.29. The molecule has 0 radical (unpaired) electrons. The van der Waals surface area contributed by atoms with Crippen molar-refractivity contribution in [1.82, 2.24) is 19.6 Å². The van der Waals surface area contributed by atoms with E-state index in [4.69, 9.17) is 9.47 Å². The van der Waals surface area contributed by atoms with Crippen molar-refractivity contribution in [2.45, 2.75) is 26.0 Å². The number of nitrogens with zero attached hydrogens (tertiary/aromatic N) is 4. The number of carbonyl (C=O) groups excluding carboxylic acids is 2. The Morgan fingerprint density at radius 2 is 1.92 bits per heavy atom. The van der Waals surface area contributed by atoms with Crippen molar-refractivity contribution in [3.63, 3.8) is 0 Å². The zero-order valence-corrected chi connectivity index (χ0v) is 14.2. The molecule has 0 spiro atoms. The summed E-state index contributed by atoms with van der Waals surface area (Å²) in [6, 6.07) is 1.71. The number of hydrogen-bond acceptors (Lipinski definition) is 5. The highest BCUT2D eigenvalue weighted by atomic mass is 16.5. The van der Waals surface area contributed by atoms with E-state index < -0.39 is 5.60 Å². The standard InChI is InChI=1S/C16H24N4O4/c1-3-20-5-4-13(17-20)14(21)19-8-11-24-16(2,12-19)15(22)18-6-9-23-10-7-18/h4-5H,3,6-12H2,1-2H3/t16-/m0/s1. The fraction of sp³-hybridized carbons (Fsp3) is 0.688. The summed E-state index contributed by atoms with van der Waals surface area (Å²) < 4.78 is 12.8. The summed E-state index contributed by atoms with van der Waals surface area (Å²) in [5.41, 5.74) is -0.613. The number of aromatic nitrogens is 2. The van der Waals surface area contributed by atoms with E-state index in [0.717, 1.165) is 0 Å². The SMILES string of the molecule is CCn1ccc(C(=O)N2CCO[C@](C)(C(=O)N3CCOCC3)C2)n1. The van der Waals surface area contributed by atoms with E-state index in [1.807, 2.05) is 6.92 Å². The molecule has 132 valence electrons. The van der Waals surface area contributed by atoms with Crippen LogP contribution in [-0.4, -0.2) is 83.0 Å². The van der Waals surface area contributed by atoms with Crippen LogP contribution in [0.3, 0.4) is 0 Å². The molecule has 0 aromatic carbocycles. The maximum Gasteiger partial charge on any atom is 0.274 e. The molecule has 0 aliphatic carbocycles. The van der Waals surface area contributed by atoms with Crippen molar-refractivity contribution >= 4 is 11.8 Å². The second-order valence-electron chi connectivity index (χ2n) is 6.27. The molecule has 0 saturated carbocycles.